The van der Waals surface area contributed by atoms with Gasteiger partial charge in [-0.25, -0.2) is 0 Å². The summed E-state index contributed by atoms with van der Waals surface area (Å²) in [6.07, 6.45) is 2.37. The van der Waals surface area contributed by atoms with Gasteiger partial charge in [0.05, 0.1) is 22.0 Å². The molecule has 0 bridgehead atoms. The number of halogens is 1. The normalized spacial score (nSPS) is 23.8. The fourth-order valence-electron chi connectivity index (χ4n) is 2.41. The Balaban J connectivity index is 2.06. The summed E-state index contributed by atoms with van der Waals surface area (Å²) in [7, 11) is 0. The zero-order chi connectivity index (χ0) is 13.1. The van der Waals surface area contributed by atoms with E-state index >= 15 is 0 Å². The first-order valence-electron chi connectivity index (χ1n) is 6.76. The van der Waals surface area contributed by atoms with Crippen molar-refractivity contribution >= 4 is 15.9 Å². The molecular formula is C13H22BrN3O. The van der Waals surface area contributed by atoms with Crippen molar-refractivity contribution in [1.82, 2.24) is 15.1 Å². The lowest BCUT2D eigenvalue weighted by Crippen LogP contribution is -2.34. The lowest BCUT2D eigenvalue weighted by atomic mass is 10.1. The van der Waals surface area contributed by atoms with Crippen molar-refractivity contribution in [3.63, 3.8) is 0 Å². The third-order valence-corrected chi connectivity index (χ3v) is 4.52. The highest BCUT2D eigenvalue weighted by atomic mass is 79.9. The van der Waals surface area contributed by atoms with Crippen LogP contribution in [0.4, 0.5) is 0 Å². The van der Waals surface area contributed by atoms with E-state index < -0.39 is 0 Å². The standard InChI is InChI=1S/C13H22BrN3O/c1-4-10-13(14)12(17(5-2)16-10)8-15-11-6-7-18-9(11)3/h9,11,15H,4-8H2,1-3H3. The zero-order valence-electron chi connectivity index (χ0n) is 11.4. The molecule has 0 saturated carbocycles. The number of rotatable bonds is 5. The highest BCUT2D eigenvalue weighted by molar-refractivity contribution is 9.10. The number of nitrogens with zero attached hydrogens (tertiary/aromatic N) is 2. The van der Waals surface area contributed by atoms with Gasteiger partial charge in [-0.2, -0.15) is 5.10 Å². The Hall–Kier alpha value is -0.390. The van der Waals surface area contributed by atoms with Crippen molar-refractivity contribution in [1.29, 1.82) is 0 Å². The van der Waals surface area contributed by atoms with Gasteiger partial charge in [0.25, 0.3) is 0 Å². The van der Waals surface area contributed by atoms with Crippen molar-refractivity contribution < 1.29 is 4.74 Å². The van der Waals surface area contributed by atoms with Crippen LogP contribution in [0.5, 0.6) is 0 Å². The molecule has 0 aliphatic carbocycles. The van der Waals surface area contributed by atoms with Crippen molar-refractivity contribution in [3.05, 3.63) is 15.9 Å². The number of ether oxygens (including phenoxy) is 1. The Kier molecular flexibility index (Phi) is 4.81. The summed E-state index contributed by atoms with van der Waals surface area (Å²) in [5.41, 5.74) is 2.39. The molecule has 0 spiro atoms. The minimum absolute atomic E-state index is 0.312. The summed E-state index contributed by atoms with van der Waals surface area (Å²) in [5.74, 6) is 0. The maximum absolute atomic E-state index is 5.57. The first kappa shape index (κ1) is 14.0. The van der Waals surface area contributed by atoms with Gasteiger partial charge in [0.15, 0.2) is 0 Å². The van der Waals surface area contributed by atoms with E-state index in [1.165, 1.54) is 5.69 Å². The van der Waals surface area contributed by atoms with Crippen LogP contribution in [0.2, 0.25) is 0 Å². The van der Waals surface area contributed by atoms with E-state index in [4.69, 9.17) is 4.74 Å². The average molecular weight is 316 g/mol. The predicted octanol–water partition coefficient (Wildman–Crippen LogP) is 2.49. The molecule has 18 heavy (non-hydrogen) atoms. The molecule has 1 fully saturated rings. The second kappa shape index (κ2) is 6.17. The van der Waals surface area contributed by atoms with E-state index in [1.807, 2.05) is 0 Å². The van der Waals surface area contributed by atoms with E-state index in [0.29, 0.717) is 12.1 Å². The lowest BCUT2D eigenvalue weighted by Gasteiger charge is -2.16. The van der Waals surface area contributed by atoms with Gasteiger partial charge in [0.2, 0.25) is 0 Å². The maximum Gasteiger partial charge on any atom is 0.0767 e. The van der Waals surface area contributed by atoms with Crippen LogP contribution < -0.4 is 5.32 Å². The molecule has 2 unspecified atom stereocenters. The van der Waals surface area contributed by atoms with Gasteiger partial charge < -0.3 is 10.1 Å². The smallest absolute Gasteiger partial charge is 0.0767 e. The summed E-state index contributed by atoms with van der Waals surface area (Å²) in [4.78, 5) is 0. The van der Waals surface area contributed by atoms with Gasteiger partial charge in [-0.3, -0.25) is 4.68 Å². The molecule has 0 radical (unpaired) electrons. The van der Waals surface area contributed by atoms with Crippen LogP contribution in [0.1, 0.15) is 38.6 Å². The van der Waals surface area contributed by atoms with Gasteiger partial charge in [-0.05, 0) is 42.6 Å². The van der Waals surface area contributed by atoms with Crippen molar-refractivity contribution in [2.45, 2.75) is 58.8 Å². The molecule has 1 aromatic rings. The van der Waals surface area contributed by atoms with E-state index in [2.05, 4.69) is 51.8 Å². The third kappa shape index (κ3) is 2.78. The molecule has 1 N–H and O–H groups in total. The first-order chi connectivity index (χ1) is 8.67. The molecule has 4 nitrogen and oxygen atoms in total. The highest BCUT2D eigenvalue weighted by Gasteiger charge is 2.24. The first-order valence-corrected chi connectivity index (χ1v) is 7.55. The van der Waals surface area contributed by atoms with Crippen molar-refractivity contribution in [3.8, 4) is 0 Å². The molecule has 102 valence electrons. The van der Waals surface area contributed by atoms with Gasteiger partial charge in [-0.15, -0.1) is 0 Å². The molecule has 1 aliphatic rings. The van der Waals surface area contributed by atoms with E-state index in [-0.39, 0.29) is 0 Å². The Morgan fingerprint density at radius 1 is 1.50 bits per heavy atom. The Bertz CT molecular complexity index is 405. The molecule has 1 aromatic heterocycles. The zero-order valence-corrected chi connectivity index (χ0v) is 13.0. The van der Waals surface area contributed by atoms with Crippen molar-refractivity contribution in [2.75, 3.05) is 6.61 Å². The SMILES string of the molecule is CCc1nn(CC)c(CNC2CCOC2C)c1Br. The van der Waals surface area contributed by atoms with Gasteiger partial charge >= 0.3 is 0 Å². The van der Waals surface area contributed by atoms with Crippen LogP contribution >= 0.6 is 15.9 Å². The van der Waals surface area contributed by atoms with Crippen LogP contribution in [-0.4, -0.2) is 28.5 Å². The highest BCUT2D eigenvalue weighted by Crippen LogP contribution is 2.23. The summed E-state index contributed by atoms with van der Waals surface area (Å²) >= 11 is 3.67. The number of aryl methyl sites for hydroxylation is 2. The quantitative estimate of drug-likeness (QED) is 0.907. The molecular weight excluding hydrogens is 294 g/mol. The predicted molar refractivity (Wildman–Crippen MR) is 75.6 cm³/mol. The molecule has 2 heterocycles. The summed E-state index contributed by atoms with van der Waals surface area (Å²) in [6, 6.07) is 0.460. The van der Waals surface area contributed by atoms with Crippen molar-refractivity contribution in [2.24, 2.45) is 0 Å². The van der Waals surface area contributed by atoms with E-state index in [0.717, 1.165) is 42.7 Å². The van der Waals surface area contributed by atoms with Crippen LogP contribution in [0.3, 0.4) is 0 Å². The molecule has 1 saturated heterocycles. The topological polar surface area (TPSA) is 39.1 Å². The average Bonchev–Trinajstić information content (AvgIpc) is 2.91. The summed E-state index contributed by atoms with van der Waals surface area (Å²) < 4.78 is 8.81. The minimum atomic E-state index is 0.312. The Morgan fingerprint density at radius 3 is 2.83 bits per heavy atom. The molecule has 0 aromatic carbocycles. The van der Waals surface area contributed by atoms with Gasteiger partial charge in [0.1, 0.15) is 0 Å². The third-order valence-electron chi connectivity index (χ3n) is 3.60. The number of aromatic nitrogens is 2. The summed E-state index contributed by atoms with van der Waals surface area (Å²) in [6.45, 7) is 9.02. The molecule has 5 heteroatoms. The molecule has 2 rings (SSSR count). The van der Waals surface area contributed by atoms with Gasteiger partial charge in [-0.1, -0.05) is 6.92 Å². The Labute approximate surface area is 117 Å². The fourth-order valence-corrected chi connectivity index (χ4v) is 3.12. The monoisotopic (exact) mass is 315 g/mol. The molecule has 1 aliphatic heterocycles. The van der Waals surface area contributed by atoms with Crippen LogP contribution in [0, 0.1) is 0 Å². The number of nitrogens with one attached hydrogen (secondary N) is 1. The minimum Gasteiger partial charge on any atom is -0.377 e. The van der Waals surface area contributed by atoms with Crippen LogP contribution in [0.25, 0.3) is 0 Å². The second-order valence-electron chi connectivity index (χ2n) is 4.73. The van der Waals surface area contributed by atoms with E-state index in [1.54, 1.807) is 0 Å². The van der Waals surface area contributed by atoms with Crippen LogP contribution in [0.15, 0.2) is 4.47 Å². The summed E-state index contributed by atoms with van der Waals surface area (Å²) in [5, 5.41) is 8.19. The van der Waals surface area contributed by atoms with Gasteiger partial charge in [0, 0.05) is 25.7 Å². The fraction of sp³-hybridized carbons (Fsp3) is 0.769. The molecule has 0 amide bonds. The van der Waals surface area contributed by atoms with E-state index in [9.17, 15) is 0 Å². The largest absolute Gasteiger partial charge is 0.377 e. The lowest BCUT2D eigenvalue weighted by molar-refractivity contribution is 0.113. The second-order valence-corrected chi connectivity index (χ2v) is 5.52. The Morgan fingerprint density at radius 2 is 2.28 bits per heavy atom. The number of hydrogen-bond acceptors (Lipinski definition) is 3. The maximum atomic E-state index is 5.57. The molecule has 2 atom stereocenters. The van der Waals surface area contributed by atoms with Crippen LogP contribution in [-0.2, 0) is 24.2 Å². The number of hydrogen-bond donors (Lipinski definition) is 1.